The monoisotopic (exact) mass is 254 g/mol. The zero-order valence-corrected chi connectivity index (χ0v) is 10.4. The summed E-state index contributed by atoms with van der Waals surface area (Å²) < 4.78 is 35.6. The zero-order valence-electron chi connectivity index (χ0n) is 10.4. The Morgan fingerprint density at radius 1 is 1.24 bits per heavy atom. The normalized spacial score (nSPS) is 12.6. The quantitative estimate of drug-likeness (QED) is 0.732. The van der Waals surface area contributed by atoms with Crippen molar-refractivity contribution in [2.75, 3.05) is 13.1 Å². The first-order valence-electron chi connectivity index (χ1n) is 5.70. The van der Waals surface area contributed by atoms with E-state index >= 15 is 0 Å². The van der Waals surface area contributed by atoms with Gasteiger partial charge in [-0.25, -0.2) is 0 Å². The van der Waals surface area contributed by atoms with Gasteiger partial charge >= 0.3 is 6.18 Å². The Labute approximate surface area is 99.9 Å². The average Bonchev–Trinajstić information content (AvgIpc) is 2.20. The minimum Gasteiger partial charge on any atom is -0.356 e. The van der Waals surface area contributed by atoms with Crippen molar-refractivity contribution in [3.8, 4) is 0 Å². The van der Waals surface area contributed by atoms with Gasteiger partial charge in [-0.3, -0.25) is 4.79 Å². The summed E-state index contributed by atoms with van der Waals surface area (Å²) >= 11 is 0. The molecule has 0 aliphatic carbocycles. The zero-order chi connectivity index (χ0) is 13.5. The van der Waals surface area contributed by atoms with Gasteiger partial charge in [-0.1, -0.05) is 13.8 Å². The smallest absolute Gasteiger partial charge is 0.356 e. The fraction of sp³-hybridized carbons (Fsp3) is 0.909. The van der Waals surface area contributed by atoms with Gasteiger partial charge in [-0.2, -0.15) is 13.2 Å². The first-order chi connectivity index (χ1) is 7.66. The Morgan fingerprint density at radius 3 is 2.29 bits per heavy atom. The summed E-state index contributed by atoms with van der Waals surface area (Å²) in [6.07, 6.45) is -4.17. The molecule has 17 heavy (non-hydrogen) atoms. The lowest BCUT2D eigenvalue weighted by molar-refractivity contribution is -0.144. The second-order valence-corrected chi connectivity index (χ2v) is 4.95. The van der Waals surface area contributed by atoms with Gasteiger partial charge in [-0.15, -0.1) is 0 Å². The molecule has 0 rings (SSSR count). The summed E-state index contributed by atoms with van der Waals surface area (Å²) in [6, 6.07) is 0. The van der Waals surface area contributed by atoms with Crippen LogP contribution in [0.2, 0.25) is 0 Å². The number of nitrogens with one attached hydrogen (secondary N) is 1. The van der Waals surface area contributed by atoms with E-state index < -0.39 is 24.9 Å². The predicted octanol–water partition coefficient (Wildman–Crippen LogP) is 2.21. The number of alkyl halides is 3. The Hall–Kier alpha value is -0.780. The van der Waals surface area contributed by atoms with Gasteiger partial charge in [0.2, 0.25) is 5.91 Å². The maximum absolute atomic E-state index is 11.9. The number of carbonyl (C=O) groups excluding carboxylic acids is 1. The highest BCUT2D eigenvalue weighted by molar-refractivity contribution is 5.75. The third-order valence-electron chi connectivity index (χ3n) is 2.46. The van der Waals surface area contributed by atoms with Gasteiger partial charge in [0.05, 0.1) is 6.42 Å². The molecule has 0 atom stereocenters. The number of hydrogen-bond acceptors (Lipinski definition) is 2. The van der Waals surface area contributed by atoms with E-state index in [9.17, 15) is 18.0 Å². The molecule has 1 amide bonds. The van der Waals surface area contributed by atoms with Gasteiger partial charge < -0.3 is 11.1 Å². The van der Waals surface area contributed by atoms with E-state index in [0.717, 1.165) is 12.8 Å². The molecule has 0 aliphatic heterocycles. The van der Waals surface area contributed by atoms with Crippen LogP contribution in [-0.4, -0.2) is 25.2 Å². The Morgan fingerprint density at radius 2 is 1.82 bits per heavy atom. The largest absolute Gasteiger partial charge is 0.389 e. The van der Waals surface area contributed by atoms with Crippen molar-refractivity contribution < 1.29 is 18.0 Å². The molecule has 0 aromatic heterocycles. The summed E-state index contributed by atoms with van der Waals surface area (Å²) in [4.78, 5) is 11.2. The lowest BCUT2D eigenvalue weighted by Crippen LogP contribution is -2.34. The second-order valence-electron chi connectivity index (χ2n) is 4.95. The Kier molecular flexibility index (Phi) is 6.52. The van der Waals surface area contributed by atoms with Gasteiger partial charge in [0.15, 0.2) is 0 Å². The summed E-state index contributed by atoms with van der Waals surface area (Å²) in [6.45, 7) is 4.86. The molecule has 6 heteroatoms. The number of hydrogen-bond donors (Lipinski definition) is 2. The summed E-state index contributed by atoms with van der Waals surface area (Å²) in [5.41, 5.74) is 5.24. The van der Waals surface area contributed by atoms with Crippen molar-refractivity contribution in [2.45, 2.75) is 45.7 Å². The van der Waals surface area contributed by atoms with Crippen molar-refractivity contribution in [3.63, 3.8) is 0 Å². The predicted molar refractivity (Wildman–Crippen MR) is 60.4 cm³/mol. The number of halogens is 3. The summed E-state index contributed by atoms with van der Waals surface area (Å²) in [5, 5.41) is 2.52. The van der Waals surface area contributed by atoms with Crippen LogP contribution in [0.3, 0.4) is 0 Å². The average molecular weight is 254 g/mol. The van der Waals surface area contributed by atoms with Crippen LogP contribution in [0.15, 0.2) is 0 Å². The highest BCUT2D eigenvalue weighted by atomic mass is 19.4. The molecule has 0 aromatic rings. The summed E-state index contributed by atoms with van der Waals surface area (Å²) in [7, 11) is 0. The van der Waals surface area contributed by atoms with Crippen molar-refractivity contribution in [1.29, 1.82) is 0 Å². The molecule has 0 aliphatic rings. The fourth-order valence-corrected chi connectivity index (χ4v) is 1.35. The number of carbonyl (C=O) groups is 1. The number of nitrogens with two attached hydrogens (primary N) is 1. The number of rotatable bonds is 7. The van der Waals surface area contributed by atoms with E-state index in [4.69, 9.17) is 5.73 Å². The first-order valence-corrected chi connectivity index (χ1v) is 5.70. The Balaban J connectivity index is 3.83. The van der Waals surface area contributed by atoms with Crippen LogP contribution in [-0.2, 0) is 4.79 Å². The number of amides is 1. The van der Waals surface area contributed by atoms with Gasteiger partial charge in [0, 0.05) is 13.0 Å². The molecule has 0 bridgehead atoms. The Bertz CT molecular complexity index is 239. The molecule has 0 heterocycles. The molecular weight excluding hydrogens is 233 g/mol. The van der Waals surface area contributed by atoms with Crippen LogP contribution in [0.5, 0.6) is 0 Å². The molecule has 3 N–H and O–H groups in total. The van der Waals surface area contributed by atoms with E-state index in [1.165, 1.54) is 0 Å². The lowest BCUT2D eigenvalue weighted by atomic mass is 9.88. The third-order valence-corrected chi connectivity index (χ3v) is 2.46. The van der Waals surface area contributed by atoms with Crippen molar-refractivity contribution in [1.82, 2.24) is 5.32 Å². The maximum Gasteiger partial charge on any atom is 0.389 e. The highest BCUT2D eigenvalue weighted by Crippen LogP contribution is 2.22. The standard InChI is InChI=1S/C11H21F3N2O/c1-10(2,5-3-7-15)8-16-9(17)4-6-11(12,13)14/h3-8,15H2,1-2H3,(H,16,17). The molecule has 0 spiro atoms. The van der Waals surface area contributed by atoms with Crippen LogP contribution in [0.4, 0.5) is 13.2 Å². The third kappa shape index (κ3) is 10.1. The van der Waals surface area contributed by atoms with Gasteiger partial charge in [0.25, 0.3) is 0 Å². The van der Waals surface area contributed by atoms with Crippen molar-refractivity contribution >= 4 is 5.91 Å². The molecule has 0 radical (unpaired) electrons. The fourth-order valence-electron chi connectivity index (χ4n) is 1.35. The molecule has 0 unspecified atom stereocenters. The second kappa shape index (κ2) is 6.83. The van der Waals surface area contributed by atoms with Gasteiger partial charge in [0.1, 0.15) is 0 Å². The van der Waals surface area contributed by atoms with Crippen LogP contribution < -0.4 is 11.1 Å². The van der Waals surface area contributed by atoms with Crippen LogP contribution >= 0.6 is 0 Å². The van der Waals surface area contributed by atoms with Crippen LogP contribution in [0, 0.1) is 5.41 Å². The molecule has 0 fully saturated rings. The van der Waals surface area contributed by atoms with Crippen molar-refractivity contribution in [2.24, 2.45) is 11.1 Å². The maximum atomic E-state index is 11.9. The minimum atomic E-state index is -4.27. The summed E-state index contributed by atoms with van der Waals surface area (Å²) in [5.74, 6) is -0.553. The highest BCUT2D eigenvalue weighted by Gasteiger charge is 2.28. The van der Waals surface area contributed by atoms with E-state index in [1.807, 2.05) is 13.8 Å². The minimum absolute atomic E-state index is 0.132. The van der Waals surface area contributed by atoms with Crippen molar-refractivity contribution in [3.05, 3.63) is 0 Å². The molecule has 0 aromatic carbocycles. The molecule has 0 saturated carbocycles. The van der Waals surface area contributed by atoms with E-state index in [1.54, 1.807) is 0 Å². The van der Waals surface area contributed by atoms with E-state index in [0.29, 0.717) is 13.1 Å². The molecule has 3 nitrogen and oxygen atoms in total. The molecule has 0 saturated heterocycles. The lowest BCUT2D eigenvalue weighted by Gasteiger charge is -2.24. The van der Waals surface area contributed by atoms with E-state index in [-0.39, 0.29) is 5.41 Å². The molecule has 102 valence electrons. The van der Waals surface area contributed by atoms with Gasteiger partial charge in [-0.05, 0) is 24.8 Å². The van der Waals surface area contributed by atoms with E-state index in [2.05, 4.69) is 5.32 Å². The van der Waals surface area contributed by atoms with Crippen LogP contribution in [0.1, 0.15) is 39.5 Å². The molecular formula is C11H21F3N2O. The first kappa shape index (κ1) is 16.2. The SMILES string of the molecule is CC(C)(CCCN)CNC(=O)CCC(F)(F)F. The topological polar surface area (TPSA) is 55.1 Å². The van der Waals surface area contributed by atoms with Crippen LogP contribution in [0.25, 0.3) is 0 Å².